The van der Waals surface area contributed by atoms with Gasteiger partial charge in [0.15, 0.2) is 5.82 Å². The maximum absolute atomic E-state index is 13.8. The molecule has 10 nitrogen and oxygen atoms in total. The van der Waals surface area contributed by atoms with E-state index in [-0.39, 0.29) is 12.5 Å². The van der Waals surface area contributed by atoms with Gasteiger partial charge in [-0.15, -0.1) is 0 Å². The molecule has 2 saturated carbocycles. The maximum Gasteiger partial charge on any atom is 0.254 e. The van der Waals surface area contributed by atoms with Gasteiger partial charge in [-0.05, 0) is 85.9 Å². The second-order valence-electron chi connectivity index (χ2n) is 12.8. The van der Waals surface area contributed by atoms with Gasteiger partial charge >= 0.3 is 0 Å². The van der Waals surface area contributed by atoms with Gasteiger partial charge in [0.1, 0.15) is 22.7 Å². The number of anilines is 2. The van der Waals surface area contributed by atoms with Gasteiger partial charge < -0.3 is 29.2 Å². The van der Waals surface area contributed by atoms with E-state index in [1.54, 1.807) is 13.3 Å². The van der Waals surface area contributed by atoms with Crippen LogP contribution in [0, 0.1) is 17.8 Å². The summed E-state index contributed by atoms with van der Waals surface area (Å²) in [5.74, 6) is 4.03. The summed E-state index contributed by atoms with van der Waals surface area (Å²) in [4.78, 5) is 30.2. The Labute approximate surface area is 255 Å². The van der Waals surface area contributed by atoms with Crippen molar-refractivity contribution in [3.8, 4) is 17.3 Å². The topological polar surface area (TPSA) is 110 Å². The molecule has 2 aliphatic carbocycles. The van der Waals surface area contributed by atoms with Crippen molar-refractivity contribution in [1.29, 1.82) is 0 Å². The second kappa shape index (κ2) is 10.3. The molecule has 0 radical (unpaired) electrons. The molecule has 1 saturated heterocycles. The van der Waals surface area contributed by atoms with E-state index in [2.05, 4.69) is 43.4 Å². The molecular weight excluding hydrogens is 554 g/mol. The fourth-order valence-electron chi connectivity index (χ4n) is 7.44. The van der Waals surface area contributed by atoms with Crippen LogP contribution in [0.3, 0.4) is 0 Å². The number of fused-ring (bicyclic) bond motifs is 4. The minimum atomic E-state index is -0.119. The van der Waals surface area contributed by atoms with E-state index in [1.165, 1.54) is 19.3 Å². The lowest BCUT2D eigenvalue weighted by Gasteiger charge is -2.27. The Morgan fingerprint density at radius 2 is 1.95 bits per heavy atom. The number of nitrogens with one attached hydrogen (secondary N) is 1. The second-order valence-corrected chi connectivity index (χ2v) is 12.8. The number of benzene rings is 1. The van der Waals surface area contributed by atoms with Crippen LogP contribution in [0.1, 0.15) is 48.7 Å². The summed E-state index contributed by atoms with van der Waals surface area (Å²) in [6.07, 6.45) is 6.40. The lowest BCUT2D eigenvalue weighted by Crippen LogP contribution is -2.38. The number of aliphatic hydroxyl groups is 1. The third-order valence-corrected chi connectivity index (χ3v) is 10.0. The molecule has 0 spiro atoms. The standard InChI is InChI=1S/C34H37N7O3/c1-19-22-6-8-27(19)41(17-22)34(43)23-12-26-31(29(14-23)44-3)39(2)33(37-26)28-13-21-7-9-30(36-24-10-11-35-25(15-24)18-42)38-32(21)40(28)16-20-4-5-20/h7,9-15,19-20,22,27,42H,4-6,8,16-18H2,1-3H3,(H,35,36,38)/t19-,22?,27?/m1/s1. The third kappa shape index (κ3) is 4.42. The number of nitrogens with zero attached hydrogens (tertiary/aromatic N) is 6. The van der Waals surface area contributed by atoms with Crippen LogP contribution >= 0.6 is 0 Å². The number of piperidine rings is 1. The van der Waals surface area contributed by atoms with Crippen LogP contribution in [0.5, 0.6) is 5.75 Å². The Morgan fingerprint density at radius 1 is 1.09 bits per heavy atom. The highest BCUT2D eigenvalue weighted by atomic mass is 16.5. The first-order valence-corrected chi connectivity index (χ1v) is 15.6. The molecule has 1 amide bonds. The average Bonchev–Trinajstić information content (AvgIpc) is 3.45. The van der Waals surface area contributed by atoms with E-state index in [1.807, 2.05) is 37.4 Å². The number of aryl methyl sites for hydroxylation is 1. The average molecular weight is 592 g/mol. The van der Waals surface area contributed by atoms with Crippen molar-refractivity contribution in [2.75, 3.05) is 19.0 Å². The minimum Gasteiger partial charge on any atom is -0.494 e. The van der Waals surface area contributed by atoms with Gasteiger partial charge in [0.2, 0.25) is 0 Å². The van der Waals surface area contributed by atoms with Crippen molar-refractivity contribution in [1.82, 2.24) is 29.0 Å². The molecule has 2 N–H and O–H groups in total. The monoisotopic (exact) mass is 591 g/mol. The first-order chi connectivity index (χ1) is 21.4. The molecule has 1 aromatic carbocycles. The number of carbonyl (C=O) groups is 1. The van der Waals surface area contributed by atoms with E-state index < -0.39 is 0 Å². The predicted molar refractivity (Wildman–Crippen MR) is 169 cm³/mol. The highest BCUT2D eigenvalue weighted by Gasteiger charge is 2.46. The molecule has 2 bridgehead atoms. The number of imidazole rings is 1. The Hall–Kier alpha value is -4.44. The molecule has 5 heterocycles. The summed E-state index contributed by atoms with van der Waals surface area (Å²) in [6, 6.07) is 14.0. The first-order valence-electron chi connectivity index (χ1n) is 15.6. The van der Waals surface area contributed by atoms with Crippen LogP contribution in [0.15, 0.2) is 48.7 Å². The summed E-state index contributed by atoms with van der Waals surface area (Å²) in [5, 5.41) is 13.9. The van der Waals surface area contributed by atoms with Gasteiger partial charge in [0.25, 0.3) is 5.91 Å². The number of pyridine rings is 2. The molecule has 10 heteroatoms. The number of aliphatic hydroxyl groups excluding tert-OH is 1. The number of amides is 1. The van der Waals surface area contributed by atoms with Crippen LogP contribution in [-0.4, -0.2) is 59.7 Å². The van der Waals surface area contributed by atoms with E-state index in [4.69, 9.17) is 14.7 Å². The summed E-state index contributed by atoms with van der Waals surface area (Å²) in [7, 11) is 3.67. The number of ether oxygens (including phenoxy) is 1. The van der Waals surface area contributed by atoms with Crippen molar-refractivity contribution in [3.05, 3.63) is 59.9 Å². The Balaban J connectivity index is 1.20. The lowest BCUT2D eigenvalue weighted by molar-refractivity contribution is 0.0696. The molecule has 8 rings (SSSR count). The maximum atomic E-state index is 13.8. The van der Waals surface area contributed by atoms with Crippen LogP contribution < -0.4 is 10.1 Å². The Morgan fingerprint density at radius 3 is 2.68 bits per heavy atom. The van der Waals surface area contributed by atoms with E-state index in [9.17, 15) is 9.90 Å². The molecule has 2 unspecified atom stereocenters. The highest BCUT2D eigenvalue weighted by Crippen LogP contribution is 2.44. The fraction of sp³-hybridized carbons (Fsp3) is 0.412. The van der Waals surface area contributed by atoms with Gasteiger partial charge in [-0.1, -0.05) is 6.92 Å². The molecule has 3 aliphatic rings. The quantitative estimate of drug-likeness (QED) is 0.245. The van der Waals surface area contributed by atoms with Crippen molar-refractivity contribution in [2.45, 2.75) is 51.8 Å². The van der Waals surface area contributed by atoms with Crippen molar-refractivity contribution in [3.63, 3.8) is 0 Å². The predicted octanol–water partition coefficient (Wildman–Crippen LogP) is 5.51. The van der Waals surface area contributed by atoms with Crippen LogP contribution in [0.2, 0.25) is 0 Å². The number of hydrogen-bond donors (Lipinski definition) is 2. The van der Waals surface area contributed by atoms with Crippen molar-refractivity contribution >= 4 is 39.5 Å². The Bertz CT molecular complexity index is 1920. The molecule has 1 aliphatic heterocycles. The van der Waals surface area contributed by atoms with Crippen LogP contribution in [-0.2, 0) is 20.2 Å². The van der Waals surface area contributed by atoms with E-state index in [0.717, 1.165) is 58.8 Å². The highest BCUT2D eigenvalue weighted by molar-refractivity contribution is 6.00. The molecule has 5 aromatic rings. The number of rotatable bonds is 8. The zero-order valence-corrected chi connectivity index (χ0v) is 25.3. The smallest absolute Gasteiger partial charge is 0.254 e. The van der Waals surface area contributed by atoms with Gasteiger partial charge in [-0.2, -0.15) is 0 Å². The molecule has 3 fully saturated rings. The normalized spacial score (nSPS) is 21.1. The van der Waals surface area contributed by atoms with Crippen molar-refractivity contribution < 1.29 is 14.6 Å². The zero-order chi connectivity index (χ0) is 30.1. The van der Waals surface area contributed by atoms with E-state index >= 15 is 0 Å². The third-order valence-electron chi connectivity index (χ3n) is 10.0. The van der Waals surface area contributed by atoms with Crippen LogP contribution in [0.25, 0.3) is 33.6 Å². The summed E-state index contributed by atoms with van der Waals surface area (Å²) in [6.45, 7) is 3.87. The van der Waals surface area contributed by atoms with E-state index in [0.29, 0.717) is 46.6 Å². The fourth-order valence-corrected chi connectivity index (χ4v) is 7.44. The summed E-state index contributed by atoms with van der Waals surface area (Å²) >= 11 is 0. The number of aromatic nitrogens is 5. The van der Waals surface area contributed by atoms with Gasteiger partial charge in [-0.25, -0.2) is 9.97 Å². The number of carbonyl (C=O) groups excluding carboxylic acids is 1. The summed E-state index contributed by atoms with van der Waals surface area (Å²) < 4.78 is 10.2. The van der Waals surface area contributed by atoms with Gasteiger partial charge in [0.05, 0.1) is 30.6 Å². The minimum absolute atomic E-state index is 0.0730. The number of hydrogen-bond acceptors (Lipinski definition) is 7. The number of likely N-dealkylation sites (tertiary alicyclic amines) is 1. The zero-order valence-electron chi connectivity index (χ0n) is 25.3. The SMILES string of the molecule is COc1cc(C(=O)N2CC3CCC2[C@@H]3C)cc2nc(-c3cc4ccc(Nc5ccnc(CO)c5)nc4n3CC3CC3)n(C)c12. The largest absolute Gasteiger partial charge is 0.494 e. The Kier molecular flexibility index (Phi) is 6.37. The van der Waals surface area contributed by atoms with Crippen LogP contribution in [0.4, 0.5) is 11.5 Å². The first kappa shape index (κ1) is 27.1. The molecule has 226 valence electrons. The molecule has 3 atom stereocenters. The summed E-state index contributed by atoms with van der Waals surface area (Å²) in [5.41, 5.74) is 5.55. The molecule has 44 heavy (non-hydrogen) atoms. The molecule has 4 aromatic heterocycles. The van der Waals surface area contributed by atoms with Gasteiger partial charge in [0, 0.05) is 49.0 Å². The van der Waals surface area contributed by atoms with Crippen molar-refractivity contribution in [2.24, 2.45) is 24.8 Å². The van der Waals surface area contributed by atoms with Gasteiger partial charge in [-0.3, -0.25) is 9.78 Å². The lowest BCUT2D eigenvalue weighted by atomic mass is 10.0. The number of methoxy groups -OCH3 is 1. The molecular formula is C34H37N7O3.